The van der Waals surface area contributed by atoms with E-state index in [1.54, 1.807) is 44.8 Å². The van der Waals surface area contributed by atoms with Gasteiger partial charge in [0.2, 0.25) is 5.91 Å². The summed E-state index contributed by atoms with van der Waals surface area (Å²) < 4.78 is 10.4. The largest absolute Gasteiger partial charge is 0.497 e. The smallest absolute Gasteiger partial charge is 0.237 e. The number of carbonyl (C=O) groups excluding carboxylic acids is 1. The van der Waals surface area contributed by atoms with Crippen LogP contribution in [0.1, 0.15) is 6.92 Å². The minimum absolute atomic E-state index is 0.103. The molecule has 2 rings (SSSR count). The van der Waals surface area contributed by atoms with Crippen LogP contribution in [0.4, 0.5) is 5.69 Å². The molecular weight excluding hydrogens is 300 g/mol. The number of ether oxygens (including phenoxy) is 2. The van der Waals surface area contributed by atoms with Crippen molar-refractivity contribution in [3.05, 3.63) is 42.7 Å². The normalized spacial score (nSPS) is 11.6. The van der Waals surface area contributed by atoms with E-state index < -0.39 is 0 Å². The molecule has 1 atom stereocenters. The van der Waals surface area contributed by atoms with Crippen LogP contribution in [0.2, 0.25) is 0 Å². The van der Waals surface area contributed by atoms with Gasteiger partial charge in [-0.05, 0) is 31.2 Å². The highest BCUT2D eigenvalue weighted by molar-refractivity contribution is 8.00. The van der Waals surface area contributed by atoms with Gasteiger partial charge < -0.3 is 14.8 Å². The average Bonchev–Trinajstić information content (AvgIpc) is 2.55. The Kier molecular flexibility index (Phi) is 5.66. The minimum Gasteiger partial charge on any atom is -0.497 e. The summed E-state index contributed by atoms with van der Waals surface area (Å²) in [4.78, 5) is 17.3. The summed E-state index contributed by atoms with van der Waals surface area (Å²) in [6, 6.07) is 9.03. The zero-order chi connectivity index (χ0) is 15.9. The standard InChI is InChI=1S/C16H18N2O3S/c1-11(22-13-6-8-17-9-7-13)16(19)18-14-10-12(20-2)4-5-15(14)21-3/h4-11H,1-3H3,(H,18,19)/t11-/m0/s1. The van der Waals surface area contributed by atoms with Gasteiger partial charge >= 0.3 is 0 Å². The fraction of sp³-hybridized carbons (Fsp3) is 0.250. The van der Waals surface area contributed by atoms with E-state index >= 15 is 0 Å². The molecule has 0 aliphatic heterocycles. The molecule has 0 aliphatic carbocycles. The van der Waals surface area contributed by atoms with Crippen LogP contribution in [0, 0.1) is 0 Å². The summed E-state index contributed by atoms with van der Waals surface area (Å²) in [6.07, 6.45) is 3.41. The van der Waals surface area contributed by atoms with E-state index in [1.807, 2.05) is 19.1 Å². The first-order valence-corrected chi connectivity index (χ1v) is 7.61. The SMILES string of the molecule is COc1ccc(OC)c(NC(=O)[C@H](C)Sc2ccncc2)c1. The number of rotatable bonds is 6. The summed E-state index contributed by atoms with van der Waals surface area (Å²) >= 11 is 1.47. The summed E-state index contributed by atoms with van der Waals surface area (Å²) in [5.74, 6) is 1.15. The van der Waals surface area contributed by atoms with Crippen molar-refractivity contribution in [2.24, 2.45) is 0 Å². The molecular formula is C16H18N2O3S. The summed E-state index contributed by atoms with van der Waals surface area (Å²) in [5.41, 5.74) is 0.592. The molecule has 1 heterocycles. The number of aromatic nitrogens is 1. The Hall–Kier alpha value is -2.21. The van der Waals surface area contributed by atoms with Crippen LogP contribution in [0.15, 0.2) is 47.6 Å². The first-order chi connectivity index (χ1) is 10.6. The van der Waals surface area contributed by atoms with Crippen molar-refractivity contribution in [2.45, 2.75) is 17.1 Å². The van der Waals surface area contributed by atoms with E-state index in [9.17, 15) is 4.79 Å². The number of hydrogen-bond donors (Lipinski definition) is 1. The van der Waals surface area contributed by atoms with Gasteiger partial charge in [0.25, 0.3) is 0 Å². The van der Waals surface area contributed by atoms with Gasteiger partial charge in [-0.2, -0.15) is 0 Å². The number of nitrogens with zero attached hydrogens (tertiary/aromatic N) is 1. The zero-order valence-corrected chi connectivity index (χ0v) is 13.5. The van der Waals surface area contributed by atoms with Crippen molar-refractivity contribution in [3.63, 3.8) is 0 Å². The Labute approximate surface area is 134 Å². The van der Waals surface area contributed by atoms with Gasteiger partial charge in [0.15, 0.2) is 0 Å². The van der Waals surface area contributed by atoms with Crippen molar-refractivity contribution in [3.8, 4) is 11.5 Å². The van der Waals surface area contributed by atoms with Crippen molar-refractivity contribution in [1.82, 2.24) is 4.98 Å². The molecule has 1 amide bonds. The number of amides is 1. The fourth-order valence-corrected chi connectivity index (χ4v) is 2.67. The summed E-state index contributed by atoms with van der Waals surface area (Å²) in [5, 5.41) is 2.62. The number of benzene rings is 1. The van der Waals surface area contributed by atoms with E-state index in [-0.39, 0.29) is 11.2 Å². The molecule has 1 aromatic carbocycles. The van der Waals surface area contributed by atoms with Crippen LogP contribution in [0.5, 0.6) is 11.5 Å². The Morgan fingerprint density at radius 2 is 1.91 bits per heavy atom. The highest BCUT2D eigenvalue weighted by atomic mass is 32.2. The first kappa shape index (κ1) is 16.2. The van der Waals surface area contributed by atoms with Crippen molar-refractivity contribution in [2.75, 3.05) is 19.5 Å². The number of thioether (sulfide) groups is 1. The number of hydrogen-bond acceptors (Lipinski definition) is 5. The molecule has 6 heteroatoms. The number of carbonyl (C=O) groups is 1. The summed E-state index contributed by atoms with van der Waals surface area (Å²) in [6.45, 7) is 1.85. The quantitative estimate of drug-likeness (QED) is 0.829. The van der Waals surface area contributed by atoms with Gasteiger partial charge in [-0.3, -0.25) is 9.78 Å². The summed E-state index contributed by atoms with van der Waals surface area (Å²) in [7, 11) is 3.14. The third-order valence-electron chi connectivity index (χ3n) is 3.00. The van der Waals surface area contributed by atoms with Crippen LogP contribution in [0.3, 0.4) is 0 Å². The topological polar surface area (TPSA) is 60.5 Å². The molecule has 0 radical (unpaired) electrons. The average molecular weight is 318 g/mol. The van der Waals surface area contributed by atoms with Gasteiger partial charge in [-0.1, -0.05) is 0 Å². The lowest BCUT2D eigenvalue weighted by Gasteiger charge is -2.15. The van der Waals surface area contributed by atoms with Gasteiger partial charge in [-0.25, -0.2) is 0 Å². The van der Waals surface area contributed by atoms with Gasteiger partial charge in [0, 0.05) is 23.4 Å². The number of nitrogens with one attached hydrogen (secondary N) is 1. The molecule has 2 aromatic rings. The molecule has 116 valence electrons. The molecule has 1 N–H and O–H groups in total. The molecule has 0 unspecified atom stereocenters. The second-order valence-corrected chi connectivity index (χ2v) is 5.91. The maximum Gasteiger partial charge on any atom is 0.237 e. The second-order valence-electron chi connectivity index (χ2n) is 4.50. The van der Waals surface area contributed by atoms with Gasteiger partial charge in [-0.15, -0.1) is 11.8 Å². The lowest BCUT2D eigenvalue weighted by atomic mass is 10.2. The second kappa shape index (κ2) is 7.70. The van der Waals surface area contributed by atoms with E-state index in [0.29, 0.717) is 17.2 Å². The number of anilines is 1. The third kappa shape index (κ3) is 4.14. The van der Waals surface area contributed by atoms with Crippen LogP contribution < -0.4 is 14.8 Å². The molecule has 5 nitrogen and oxygen atoms in total. The predicted octanol–water partition coefficient (Wildman–Crippen LogP) is 3.22. The van der Waals surface area contributed by atoms with Crippen molar-refractivity contribution in [1.29, 1.82) is 0 Å². The molecule has 0 saturated heterocycles. The first-order valence-electron chi connectivity index (χ1n) is 6.73. The van der Waals surface area contributed by atoms with Gasteiger partial charge in [0.05, 0.1) is 25.2 Å². The zero-order valence-electron chi connectivity index (χ0n) is 12.7. The van der Waals surface area contributed by atoms with Crippen LogP contribution in [0.25, 0.3) is 0 Å². The minimum atomic E-state index is -0.252. The van der Waals surface area contributed by atoms with E-state index in [2.05, 4.69) is 10.3 Å². The lowest BCUT2D eigenvalue weighted by molar-refractivity contribution is -0.115. The fourth-order valence-electron chi connectivity index (χ4n) is 1.82. The van der Waals surface area contributed by atoms with E-state index in [1.165, 1.54) is 11.8 Å². The molecule has 0 aliphatic rings. The van der Waals surface area contributed by atoms with Crippen molar-refractivity contribution >= 4 is 23.4 Å². The molecule has 0 saturated carbocycles. The number of pyridine rings is 1. The van der Waals surface area contributed by atoms with E-state index in [0.717, 1.165) is 4.90 Å². The maximum absolute atomic E-state index is 12.3. The highest BCUT2D eigenvalue weighted by Gasteiger charge is 2.16. The maximum atomic E-state index is 12.3. The van der Waals surface area contributed by atoms with Crippen LogP contribution in [-0.4, -0.2) is 30.4 Å². The highest BCUT2D eigenvalue weighted by Crippen LogP contribution is 2.30. The third-order valence-corrected chi connectivity index (χ3v) is 4.11. The Morgan fingerprint density at radius 3 is 2.55 bits per heavy atom. The van der Waals surface area contributed by atoms with Crippen molar-refractivity contribution < 1.29 is 14.3 Å². The Bertz CT molecular complexity index is 635. The molecule has 0 bridgehead atoms. The van der Waals surface area contributed by atoms with Gasteiger partial charge in [0.1, 0.15) is 11.5 Å². The van der Waals surface area contributed by atoms with Crippen LogP contribution in [-0.2, 0) is 4.79 Å². The number of methoxy groups -OCH3 is 2. The lowest BCUT2D eigenvalue weighted by Crippen LogP contribution is -2.22. The molecule has 1 aromatic heterocycles. The molecule has 0 spiro atoms. The van der Waals surface area contributed by atoms with Crippen LogP contribution >= 0.6 is 11.8 Å². The Balaban J connectivity index is 2.07. The monoisotopic (exact) mass is 318 g/mol. The molecule has 0 fully saturated rings. The molecule has 22 heavy (non-hydrogen) atoms. The Morgan fingerprint density at radius 1 is 1.18 bits per heavy atom. The predicted molar refractivity (Wildman–Crippen MR) is 87.7 cm³/mol. The van der Waals surface area contributed by atoms with E-state index in [4.69, 9.17) is 9.47 Å².